The largest absolute Gasteiger partial charge is 0.301 e. The maximum atomic E-state index is 10.8. The average molecular weight is 305 g/mol. The number of carbonyl (C=O) groups excluding carboxylic acids is 1. The van der Waals surface area contributed by atoms with Crippen molar-refractivity contribution in [2.45, 2.75) is 12.5 Å². The average Bonchev–Trinajstić information content (AvgIpc) is 3.09. The molecule has 0 bridgehead atoms. The maximum Gasteiger partial charge on any atom is 0.141 e. The van der Waals surface area contributed by atoms with E-state index in [1.165, 1.54) is 4.88 Å². The van der Waals surface area contributed by atoms with Crippen molar-refractivity contribution in [3.63, 3.8) is 0 Å². The molecule has 1 aliphatic rings. The van der Waals surface area contributed by atoms with E-state index in [1.54, 1.807) is 11.3 Å². The highest BCUT2D eigenvalue weighted by molar-refractivity contribution is 7.10. The van der Waals surface area contributed by atoms with Crippen molar-refractivity contribution in [1.29, 1.82) is 0 Å². The fourth-order valence-electron chi connectivity index (χ4n) is 2.34. The van der Waals surface area contributed by atoms with Gasteiger partial charge in [0.1, 0.15) is 6.29 Å². The van der Waals surface area contributed by atoms with Gasteiger partial charge in [-0.1, -0.05) is 29.8 Å². The lowest BCUT2D eigenvalue weighted by Gasteiger charge is -2.19. The van der Waals surface area contributed by atoms with E-state index in [0.29, 0.717) is 11.6 Å². The second kappa shape index (κ2) is 5.77. The van der Waals surface area contributed by atoms with Crippen molar-refractivity contribution in [3.05, 3.63) is 57.2 Å². The van der Waals surface area contributed by atoms with Gasteiger partial charge in [-0.25, -0.2) is 0 Å². The summed E-state index contributed by atoms with van der Waals surface area (Å²) in [6, 6.07) is 11.9. The Balaban J connectivity index is 1.88. The van der Waals surface area contributed by atoms with E-state index in [9.17, 15) is 4.79 Å². The van der Waals surface area contributed by atoms with E-state index in [1.807, 2.05) is 35.3 Å². The van der Waals surface area contributed by atoms with E-state index >= 15 is 0 Å². The first kappa shape index (κ1) is 13.3. The lowest BCUT2D eigenvalue weighted by Crippen LogP contribution is -2.20. The Hall–Kier alpha value is -1.65. The second-order valence-electron chi connectivity index (χ2n) is 4.58. The Labute approximate surface area is 126 Å². The number of nitrogens with zero attached hydrogens (tertiary/aromatic N) is 2. The standard InChI is InChI=1S/C15H13ClN2OS/c16-12-5-3-11(4-6-12)13-10-14(15-2-1-9-20-15)18(17-13)7-8-19/h1-6,8-9,14H,7,10H2. The van der Waals surface area contributed by atoms with Crippen molar-refractivity contribution in [2.24, 2.45) is 5.10 Å². The molecule has 0 saturated heterocycles. The predicted molar refractivity (Wildman–Crippen MR) is 82.4 cm³/mol. The van der Waals surface area contributed by atoms with E-state index in [2.05, 4.69) is 16.5 Å². The molecule has 3 rings (SSSR count). The highest BCUT2D eigenvalue weighted by Crippen LogP contribution is 2.34. The van der Waals surface area contributed by atoms with Gasteiger partial charge in [-0.3, -0.25) is 5.01 Å². The summed E-state index contributed by atoms with van der Waals surface area (Å²) in [4.78, 5) is 12.1. The van der Waals surface area contributed by atoms with Gasteiger partial charge >= 0.3 is 0 Å². The van der Waals surface area contributed by atoms with Crippen molar-refractivity contribution >= 4 is 34.9 Å². The Bertz CT molecular complexity index is 622. The molecule has 0 saturated carbocycles. The molecule has 1 unspecified atom stereocenters. The van der Waals surface area contributed by atoms with Gasteiger partial charge in [-0.2, -0.15) is 5.10 Å². The summed E-state index contributed by atoms with van der Waals surface area (Å²) in [7, 11) is 0. The topological polar surface area (TPSA) is 32.7 Å². The summed E-state index contributed by atoms with van der Waals surface area (Å²) >= 11 is 7.61. The zero-order chi connectivity index (χ0) is 13.9. The molecule has 1 atom stereocenters. The van der Waals surface area contributed by atoms with E-state index in [4.69, 9.17) is 11.6 Å². The summed E-state index contributed by atoms with van der Waals surface area (Å²) in [6.45, 7) is 0.319. The van der Waals surface area contributed by atoms with Gasteiger partial charge in [0.05, 0.1) is 18.3 Å². The lowest BCUT2D eigenvalue weighted by atomic mass is 10.0. The first-order valence-corrected chi connectivity index (χ1v) is 7.61. The Morgan fingerprint density at radius 1 is 1.35 bits per heavy atom. The van der Waals surface area contributed by atoms with Gasteiger partial charge < -0.3 is 4.79 Å². The number of hydrazone groups is 1. The van der Waals surface area contributed by atoms with Crippen LogP contribution >= 0.6 is 22.9 Å². The smallest absolute Gasteiger partial charge is 0.141 e. The SMILES string of the molecule is O=CCN1N=C(c2ccc(Cl)cc2)CC1c1cccs1. The second-order valence-corrected chi connectivity index (χ2v) is 5.99. The number of rotatable bonds is 4. The quantitative estimate of drug-likeness (QED) is 0.806. The zero-order valence-electron chi connectivity index (χ0n) is 10.7. The van der Waals surface area contributed by atoms with E-state index < -0.39 is 0 Å². The van der Waals surface area contributed by atoms with Gasteiger partial charge in [0.2, 0.25) is 0 Å². The Morgan fingerprint density at radius 2 is 2.15 bits per heavy atom. The van der Waals surface area contributed by atoms with Crippen LogP contribution in [-0.4, -0.2) is 23.6 Å². The lowest BCUT2D eigenvalue weighted by molar-refractivity contribution is -0.109. The van der Waals surface area contributed by atoms with E-state index in [0.717, 1.165) is 24.0 Å². The van der Waals surface area contributed by atoms with Crippen LogP contribution in [0.4, 0.5) is 0 Å². The molecule has 102 valence electrons. The molecular weight excluding hydrogens is 292 g/mol. The molecular formula is C15H13ClN2OS. The molecule has 20 heavy (non-hydrogen) atoms. The first-order chi connectivity index (χ1) is 9.78. The zero-order valence-corrected chi connectivity index (χ0v) is 12.3. The molecule has 5 heteroatoms. The van der Waals surface area contributed by atoms with Crippen LogP contribution in [0, 0.1) is 0 Å². The number of aldehydes is 1. The maximum absolute atomic E-state index is 10.8. The van der Waals surface area contributed by atoms with Gasteiger partial charge in [0.25, 0.3) is 0 Å². The number of hydrogen-bond acceptors (Lipinski definition) is 4. The molecule has 3 nitrogen and oxygen atoms in total. The Morgan fingerprint density at radius 3 is 2.80 bits per heavy atom. The fraction of sp³-hybridized carbons (Fsp3) is 0.200. The molecule has 0 aliphatic carbocycles. The van der Waals surface area contributed by atoms with Crippen LogP contribution in [0.25, 0.3) is 0 Å². The fourth-order valence-corrected chi connectivity index (χ4v) is 3.30. The number of carbonyl (C=O) groups is 1. The minimum Gasteiger partial charge on any atom is -0.301 e. The highest BCUT2D eigenvalue weighted by atomic mass is 35.5. The van der Waals surface area contributed by atoms with Crippen LogP contribution < -0.4 is 0 Å². The third kappa shape index (κ3) is 2.62. The summed E-state index contributed by atoms with van der Waals surface area (Å²) in [6.07, 6.45) is 1.71. The molecule has 0 spiro atoms. The van der Waals surface area contributed by atoms with Crippen LogP contribution in [0.15, 0.2) is 46.9 Å². The van der Waals surface area contributed by atoms with Gasteiger partial charge in [-0.15, -0.1) is 11.3 Å². The molecule has 1 aliphatic heterocycles. The van der Waals surface area contributed by atoms with Crippen molar-refractivity contribution in [2.75, 3.05) is 6.54 Å². The molecule has 0 amide bonds. The molecule has 2 heterocycles. The van der Waals surface area contributed by atoms with Crippen molar-refractivity contribution < 1.29 is 4.79 Å². The van der Waals surface area contributed by atoms with Gasteiger partial charge in [-0.05, 0) is 29.1 Å². The molecule has 0 N–H and O–H groups in total. The number of halogens is 1. The van der Waals surface area contributed by atoms with E-state index in [-0.39, 0.29) is 6.04 Å². The first-order valence-electron chi connectivity index (χ1n) is 6.35. The molecule has 1 aromatic carbocycles. The molecule has 1 aromatic heterocycles. The molecule has 0 radical (unpaired) electrons. The number of thiophene rings is 1. The van der Waals surface area contributed by atoms with Crippen molar-refractivity contribution in [1.82, 2.24) is 5.01 Å². The normalized spacial score (nSPS) is 18.1. The summed E-state index contributed by atoms with van der Waals surface area (Å²) in [5, 5.41) is 9.23. The third-order valence-electron chi connectivity index (χ3n) is 3.31. The minimum atomic E-state index is 0.158. The number of benzene rings is 1. The predicted octanol–water partition coefficient (Wildman–Crippen LogP) is 3.75. The Kier molecular flexibility index (Phi) is 3.85. The van der Waals surface area contributed by atoms with Crippen LogP contribution in [-0.2, 0) is 4.79 Å². The van der Waals surface area contributed by atoms with Crippen LogP contribution in [0.2, 0.25) is 5.02 Å². The summed E-state index contributed by atoms with van der Waals surface area (Å²) in [5.41, 5.74) is 2.06. The van der Waals surface area contributed by atoms with Crippen LogP contribution in [0.3, 0.4) is 0 Å². The minimum absolute atomic E-state index is 0.158. The van der Waals surface area contributed by atoms with Gasteiger partial charge in [0, 0.05) is 16.3 Å². The molecule has 2 aromatic rings. The monoisotopic (exact) mass is 304 g/mol. The van der Waals surface area contributed by atoms with Gasteiger partial charge in [0.15, 0.2) is 0 Å². The third-order valence-corrected chi connectivity index (χ3v) is 4.53. The highest BCUT2D eigenvalue weighted by Gasteiger charge is 2.28. The summed E-state index contributed by atoms with van der Waals surface area (Å²) < 4.78 is 0. The number of hydrogen-bond donors (Lipinski definition) is 0. The van der Waals surface area contributed by atoms with Crippen molar-refractivity contribution in [3.8, 4) is 0 Å². The summed E-state index contributed by atoms with van der Waals surface area (Å²) in [5.74, 6) is 0. The van der Waals surface area contributed by atoms with Crippen LogP contribution in [0.5, 0.6) is 0 Å². The molecule has 0 fully saturated rings. The van der Waals surface area contributed by atoms with Crippen LogP contribution in [0.1, 0.15) is 22.9 Å².